The van der Waals surface area contributed by atoms with Gasteiger partial charge in [-0.05, 0) is 12.5 Å². The van der Waals surface area contributed by atoms with Crippen LogP contribution in [0.1, 0.15) is 96.8 Å². The van der Waals surface area contributed by atoms with Crippen molar-refractivity contribution < 1.29 is 9.39 Å². The molecule has 24 heavy (non-hydrogen) atoms. The lowest BCUT2D eigenvalue weighted by Gasteiger charge is -2.27. The Balaban J connectivity index is 3.30. The normalized spacial score (nSPS) is 11.5. The molecule has 0 saturated heterocycles. The van der Waals surface area contributed by atoms with Crippen molar-refractivity contribution in [2.24, 2.45) is 0 Å². The molecule has 0 bridgehead atoms. The number of hydrogen-bond donors (Lipinski definition) is 1. The Hall–Kier alpha value is -0.830. The van der Waals surface area contributed by atoms with E-state index in [4.69, 9.17) is 0 Å². The fourth-order valence-corrected chi connectivity index (χ4v) is 3.07. The molecule has 0 radical (unpaired) electrons. The molecule has 0 aliphatic carbocycles. The predicted molar refractivity (Wildman–Crippen MR) is 106 cm³/mol. The summed E-state index contributed by atoms with van der Waals surface area (Å²) in [5.41, 5.74) is 3.03. The van der Waals surface area contributed by atoms with Crippen LogP contribution in [0.2, 0.25) is 0 Å². The predicted octanol–water partition coefficient (Wildman–Crippen LogP) is 5.76. The standard InChI is InChI=1S/C21H42N2O/c1-5-7-8-9-10-11-12-13-14-15-16-17-18-19-21(24)22-23(3,4)20-6-2/h6H,2,5,7-20H2,1,3-4H3/p+1. The topological polar surface area (TPSA) is 29.1 Å². The highest BCUT2D eigenvalue weighted by atomic mass is 16.2. The Labute approximate surface area is 151 Å². The second kappa shape index (κ2) is 15.7. The molecule has 0 aromatic rings. The third-order valence-electron chi connectivity index (χ3n) is 4.52. The molecule has 1 N–H and O–H groups in total. The van der Waals surface area contributed by atoms with E-state index in [2.05, 4.69) is 18.9 Å². The largest absolute Gasteiger partial charge is 0.270 e. The summed E-state index contributed by atoms with van der Waals surface area (Å²) in [6, 6.07) is 0. The third kappa shape index (κ3) is 16.0. The molecule has 3 heteroatoms. The van der Waals surface area contributed by atoms with Gasteiger partial charge in [0.25, 0.3) is 5.91 Å². The van der Waals surface area contributed by atoms with Gasteiger partial charge in [0.05, 0.1) is 14.1 Å². The first-order valence-corrected chi connectivity index (χ1v) is 10.3. The van der Waals surface area contributed by atoms with E-state index in [-0.39, 0.29) is 5.91 Å². The highest BCUT2D eigenvalue weighted by Gasteiger charge is 2.16. The van der Waals surface area contributed by atoms with E-state index in [0.717, 1.165) is 13.0 Å². The van der Waals surface area contributed by atoms with Gasteiger partial charge in [0, 0.05) is 6.42 Å². The van der Waals surface area contributed by atoms with Gasteiger partial charge in [-0.25, -0.2) is 10.0 Å². The zero-order valence-corrected chi connectivity index (χ0v) is 16.7. The quantitative estimate of drug-likeness (QED) is 0.155. The van der Waals surface area contributed by atoms with Gasteiger partial charge in [-0.15, -0.1) is 0 Å². The maximum atomic E-state index is 11.9. The molecule has 0 aromatic heterocycles. The van der Waals surface area contributed by atoms with Crippen LogP contribution in [0.15, 0.2) is 12.7 Å². The molecule has 0 saturated carbocycles. The van der Waals surface area contributed by atoms with Crippen LogP contribution >= 0.6 is 0 Å². The number of unbranched alkanes of at least 4 members (excludes halogenated alkanes) is 12. The first kappa shape index (κ1) is 23.2. The van der Waals surface area contributed by atoms with Crippen LogP contribution in [0.5, 0.6) is 0 Å². The Morgan fingerprint density at radius 2 is 1.25 bits per heavy atom. The first-order valence-electron chi connectivity index (χ1n) is 10.3. The number of hydrogen-bond acceptors (Lipinski definition) is 1. The molecule has 3 nitrogen and oxygen atoms in total. The summed E-state index contributed by atoms with van der Waals surface area (Å²) in [5, 5.41) is 0. The number of quaternary nitrogens is 1. The highest BCUT2D eigenvalue weighted by Crippen LogP contribution is 2.13. The number of carbonyl (C=O) groups is 1. The maximum Gasteiger partial charge on any atom is 0.264 e. The SMILES string of the molecule is C=CC[N+](C)(C)NC(=O)CCCCCCCCCCCCCCC. The lowest BCUT2D eigenvalue weighted by atomic mass is 10.0. The van der Waals surface area contributed by atoms with Crippen LogP contribution in [-0.2, 0) is 4.79 Å². The molecule has 0 rings (SSSR count). The summed E-state index contributed by atoms with van der Waals surface area (Å²) in [6.45, 7) is 6.75. The van der Waals surface area contributed by atoms with Gasteiger partial charge in [-0.1, -0.05) is 90.6 Å². The lowest BCUT2D eigenvalue weighted by Crippen LogP contribution is -2.54. The fourth-order valence-electron chi connectivity index (χ4n) is 3.07. The molecule has 0 unspecified atom stereocenters. The average Bonchev–Trinajstić information content (AvgIpc) is 2.51. The second-order valence-electron chi connectivity index (χ2n) is 7.68. The molecule has 0 heterocycles. The zero-order valence-electron chi connectivity index (χ0n) is 16.7. The minimum Gasteiger partial charge on any atom is -0.270 e. The minimum atomic E-state index is 0.157. The van der Waals surface area contributed by atoms with Crippen LogP contribution in [0.3, 0.4) is 0 Å². The highest BCUT2D eigenvalue weighted by molar-refractivity contribution is 5.74. The number of rotatable bonds is 17. The van der Waals surface area contributed by atoms with Gasteiger partial charge < -0.3 is 0 Å². The van der Waals surface area contributed by atoms with E-state index < -0.39 is 0 Å². The number of amides is 1. The first-order chi connectivity index (χ1) is 11.5. The van der Waals surface area contributed by atoms with Crippen LogP contribution < -0.4 is 5.43 Å². The Morgan fingerprint density at radius 3 is 1.67 bits per heavy atom. The number of carbonyl (C=O) groups excluding carboxylic acids is 1. The van der Waals surface area contributed by atoms with Crippen molar-refractivity contribution in [1.29, 1.82) is 0 Å². The Morgan fingerprint density at radius 1 is 0.833 bits per heavy atom. The summed E-state index contributed by atoms with van der Waals surface area (Å²) in [7, 11) is 3.98. The molecule has 0 spiro atoms. The molecular formula is C21H43N2O+. The maximum absolute atomic E-state index is 11.9. The van der Waals surface area contributed by atoms with Crippen molar-refractivity contribution in [3.05, 3.63) is 12.7 Å². The molecule has 0 fully saturated rings. The van der Waals surface area contributed by atoms with E-state index in [1.54, 1.807) is 0 Å². The minimum absolute atomic E-state index is 0.157. The number of nitrogens with one attached hydrogen (secondary N) is 1. The monoisotopic (exact) mass is 339 g/mol. The molecule has 0 aliphatic rings. The van der Waals surface area contributed by atoms with Crippen molar-refractivity contribution >= 4 is 5.91 Å². The van der Waals surface area contributed by atoms with Crippen LogP contribution in [0.25, 0.3) is 0 Å². The van der Waals surface area contributed by atoms with Gasteiger partial charge in [0.15, 0.2) is 0 Å². The van der Waals surface area contributed by atoms with Gasteiger partial charge in [0.1, 0.15) is 6.54 Å². The van der Waals surface area contributed by atoms with Crippen molar-refractivity contribution in [2.75, 3.05) is 20.6 Å². The lowest BCUT2D eigenvalue weighted by molar-refractivity contribution is -0.919. The molecule has 1 amide bonds. The van der Waals surface area contributed by atoms with E-state index in [1.165, 1.54) is 77.0 Å². The smallest absolute Gasteiger partial charge is 0.264 e. The third-order valence-corrected chi connectivity index (χ3v) is 4.52. The van der Waals surface area contributed by atoms with Gasteiger partial charge in [-0.3, -0.25) is 4.79 Å². The van der Waals surface area contributed by atoms with Gasteiger partial charge in [-0.2, -0.15) is 0 Å². The van der Waals surface area contributed by atoms with Crippen molar-refractivity contribution in [3.63, 3.8) is 0 Å². The number of likely N-dealkylation sites (N-methyl/N-ethyl adjacent to an activating group) is 1. The molecule has 0 atom stereocenters. The molecular weight excluding hydrogens is 296 g/mol. The van der Waals surface area contributed by atoms with E-state index in [9.17, 15) is 4.79 Å². The molecule has 0 aliphatic heterocycles. The van der Waals surface area contributed by atoms with Gasteiger partial charge in [0.2, 0.25) is 0 Å². The van der Waals surface area contributed by atoms with Crippen LogP contribution in [0.4, 0.5) is 0 Å². The average molecular weight is 340 g/mol. The summed E-state index contributed by atoms with van der Waals surface area (Å²) in [6.07, 6.45) is 19.9. The zero-order chi connectivity index (χ0) is 18.1. The Kier molecular flexibility index (Phi) is 15.1. The van der Waals surface area contributed by atoms with Crippen molar-refractivity contribution in [3.8, 4) is 0 Å². The van der Waals surface area contributed by atoms with E-state index in [0.29, 0.717) is 11.0 Å². The number of nitrogens with zero attached hydrogens (tertiary/aromatic N) is 1. The van der Waals surface area contributed by atoms with Gasteiger partial charge >= 0.3 is 0 Å². The fraction of sp³-hybridized carbons (Fsp3) is 0.857. The van der Waals surface area contributed by atoms with Crippen LogP contribution in [-0.4, -0.2) is 31.1 Å². The molecule has 142 valence electrons. The molecule has 0 aromatic carbocycles. The summed E-state index contributed by atoms with van der Waals surface area (Å²) < 4.78 is 0.487. The summed E-state index contributed by atoms with van der Waals surface area (Å²) >= 11 is 0. The van der Waals surface area contributed by atoms with Crippen molar-refractivity contribution in [2.45, 2.75) is 96.8 Å². The summed E-state index contributed by atoms with van der Waals surface area (Å²) in [4.78, 5) is 11.9. The van der Waals surface area contributed by atoms with Crippen molar-refractivity contribution in [1.82, 2.24) is 5.43 Å². The Bertz CT molecular complexity index is 313. The van der Waals surface area contributed by atoms with Crippen LogP contribution in [0, 0.1) is 0 Å². The van der Waals surface area contributed by atoms with E-state index >= 15 is 0 Å². The van der Waals surface area contributed by atoms with E-state index in [1.807, 2.05) is 20.2 Å². The summed E-state index contributed by atoms with van der Waals surface area (Å²) in [5.74, 6) is 0.157. The second-order valence-corrected chi connectivity index (χ2v) is 7.68.